The molecule has 6 nitrogen and oxygen atoms in total. The van der Waals surface area contributed by atoms with Crippen LogP contribution in [0.15, 0.2) is 71.5 Å². The van der Waals surface area contributed by atoms with Crippen LogP contribution in [0.4, 0.5) is 13.2 Å². The van der Waals surface area contributed by atoms with Crippen LogP contribution in [0.3, 0.4) is 0 Å². The molecule has 40 heavy (non-hydrogen) atoms. The summed E-state index contributed by atoms with van der Waals surface area (Å²) in [6, 6.07) is 17.8. The highest BCUT2D eigenvalue weighted by Gasteiger charge is 2.31. The van der Waals surface area contributed by atoms with E-state index in [-0.39, 0.29) is 23.0 Å². The van der Waals surface area contributed by atoms with Gasteiger partial charge in [0.15, 0.2) is 0 Å². The second-order valence-corrected chi connectivity index (χ2v) is 10.9. The van der Waals surface area contributed by atoms with Crippen LogP contribution in [-0.4, -0.2) is 45.6 Å². The van der Waals surface area contributed by atoms with Crippen LogP contribution in [0.25, 0.3) is 33.4 Å². The Morgan fingerprint density at radius 1 is 0.875 bits per heavy atom. The molecule has 1 aromatic heterocycles. The molecular weight excluding hydrogens is 519 g/mol. The molecule has 4 aromatic rings. The Morgan fingerprint density at radius 3 is 2.27 bits per heavy atom. The van der Waals surface area contributed by atoms with Crippen molar-refractivity contribution in [3.8, 4) is 34.0 Å². The summed E-state index contributed by atoms with van der Waals surface area (Å²) in [6.07, 6.45) is -0.144. The standard InChI is InChI=1S/C31H30F3N3O3/c32-31(33,34)40-26-12-7-23(8-13-26)29-35-28-14-9-24(22-5-10-25(38)11-6-22)16-27(28)30(39)37(29)19-21-2-1-15-36(18-21)17-20-3-4-20/h5-14,16,20-21,38H,1-4,15,17-19H2. The summed E-state index contributed by atoms with van der Waals surface area (Å²) in [6.45, 7) is 3.56. The van der Waals surface area contributed by atoms with Crippen molar-refractivity contribution in [1.29, 1.82) is 0 Å². The average molecular weight is 550 g/mol. The first kappa shape index (κ1) is 26.4. The molecule has 3 aromatic carbocycles. The van der Waals surface area contributed by atoms with E-state index in [9.17, 15) is 23.1 Å². The third-order valence-electron chi connectivity index (χ3n) is 7.76. The van der Waals surface area contributed by atoms with Crippen molar-refractivity contribution in [2.75, 3.05) is 19.6 Å². The van der Waals surface area contributed by atoms with E-state index < -0.39 is 6.36 Å². The van der Waals surface area contributed by atoms with Gasteiger partial charge >= 0.3 is 6.36 Å². The Bertz CT molecular complexity index is 1560. The lowest BCUT2D eigenvalue weighted by Gasteiger charge is -2.33. The number of halogens is 3. The molecule has 0 bridgehead atoms. The van der Waals surface area contributed by atoms with Crippen LogP contribution in [0.5, 0.6) is 11.5 Å². The third-order valence-corrected chi connectivity index (χ3v) is 7.76. The summed E-state index contributed by atoms with van der Waals surface area (Å²) >= 11 is 0. The number of hydrogen-bond acceptors (Lipinski definition) is 5. The van der Waals surface area contributed by atoms with Crippen molar-refractivity contribution < 1.29 is 23.0 Å². The zero-order valence-electron chi connectivity index (χ0n) is 21.9. The Morgan fingerprint density at radius 2 is 1.57 bits per heavy atom. The highest BCUT2D eigenvalue weighted by molar-refractivity contribution is 5.85. The minimum absolute atomic E-state index is 0.160. The molecule has 1 aliphatic carbocycles. The number of phenols is 1. The molecule has 6 rings (SSSR count). The van der Waals surface area contributed by atoms with E-state index in [1.807, 2.05) is 12.1 Å². The minimum Gasteiger partial charge on any atom is -0.508 e. The lowest BCUT2D eigenvalue weighted by molar-refractivity contribution is -0.274. The van der Waals surface area contributed by atoms with Gasteiger partial charge in [0.25, 0.3) is 5.56 Å². The van der Waals surface area contributed by atoms with Crippen LogP contribution in [0.2, 0.25) is 0 Å². The number of aromatic nitrogens is 2. The number of aromatic hydroxyl groups is 1. The maximum atomic E-state index is 14.1. The van der Waals surface area contributed by atoms with Gasteiger partial charge < -0.3 is 14.7 Å². The van der Waals surface area contributed by atoms with E-state index in [2.05, 4.69) is 9.64 Å². The summed E-state index contributed by atoms with van der Waals surface area (Å²) in [5, 5.41) is 10.1. The van der Waals surface area contributed by atoms with Gasteiger partial charge in [-0.1, -0.05) is 18.2 Å². The SMILES string of the molecule is O=c1c2cc(-c3ccc(O)cc3)ccc2nc(-c2ccc(OC(F)(F)F)cc2)n1CC1CCCN(CC2CC2)C1. The molecule has 1 aliphatic heterocycles. The summed E-state index contributed by atoms with van der Waals surface area (Å²) in [5.74, 6) is 1.31. The number of ether oxygens (including phenoxy) is 1. The normalized spacial score (nSPS) is 18.2. The van der Waals surface area contributed by atoms with E-state index in [4.69, 9.17) is 4.98 Å². The average Bonchev–Trinajstić information content (AvgIpc) is 3.74. The molecule has 0 amide bonds. The summed E-state index contributed by atoms with van der Waals surface area (Å²) < 4.78 is 43.9. The van der Waals surface area contributed by atoms with Crippen molar-refractivity contribution in [2.24, 2.45) is 11.8 Å². The van der Waals surface area contributed by atoms with Gasteiger partial charge in [0.1, 0.15) is 17.3 Å². The molecule has 1 unspecified atom stereocenters. The van der Waals surface area contributed by atoms with Crippen molar-refractivity contribution in [3.63, 3.8) is 0 Å². The first-order valence-electron chi connectivity index (χ1n) is 13.6. The number of alkyl halides is 3. The fourth-order valence-electron chi connectivity index (χ4n) is 5.64. The topological polar surface area (TPSA) is 67.6 Å². The highest BCUT2D eigenvalue weighted by atomic mass is 19.4. The smallest absolute Gasteiger partial charge is 0.508 e. The van der Waals surface area contributed by atoms with Crippen LogP contribution >= 0.6 is 0 Å². The Labute approximate surface area is 229 Å². The van der Waals surface area contributed by atoms with Crippen molar-refractivity contribution >= 4 is 10.9 Å². The quantitative estimate of drug-likeness (QED) is 0.287. The molecule has 2 heterocycles. The third kappa shape index (κ3) is 5.99. The molecule has 0 radical (unpaired) electrons. The number of benzene rings is 3. The van der Waals surface area contributed by atoms with Gasteiger partial charge in [0.2, 0.25) is 0 Å². The predicted molar refractivity (Wildman–Crippen MR) is 147 cm³/mol. The molecule has 1 N–H and O–H groups in total. The van der Waals surface area contributed by atoms with Gasteiger partial charge in [0.05, 0.1) is 10.9 Å². The summed E-state index contributed by atoms with van der Waals surface area (Å²) in [4.78, 5) is 21.4. The molecule has 208 valence electrons. The molecule has 2 aliphatic rings. The zero-order valence-corrected chi connectivity index (χ0v) is 21.9. The first-order chi connectivity index (χ1) is 19.2. The molecular formula is C31H30F3N3O3. The number of rotatable bonds is 7. The van der Waals surface area contributed by atoms with Gasteiger partial charge in [-0.3, -0.25) is 9.36 Å². The van der Waals surface area contributed by atoms with Gasteiger partial charge in [-0.2, -0.15) is 0 Å². The van der Waals surface area contributed by atoms with Crippen molar-refractivity contribution in [2.45, 2.75) is 38.6 Å². The van der Waals surface area contributed by atoms with Gasteiger partial charge in [-0.15, -0.1) is 13.2 Å². The molecule has 0 spiro atoms. The van der Waals surface area contributed by atoms with Crippen LogP contribution in [0.1, 0.15) is 25.7 Å². The van der Waals surface area contributed by atoms with Crippen LogP contribution < -0.4 is 10.3 Å². The monoisotopic (exact) mass is 549 g/mol. The van der Waals surface area contributed by atoms with Crippen LogP contribution in [0, 0.1) is 11.8 Å². The number of piperidine rings is 1. The Balaban J connectivity index is 1.40. The fourth-order valence-corrected chi connectivity index (χ4v) is 5.64. The van der Waals surface area contributed by atoms with E-state index >= 15 is 0 Å². The lowest BCUT2D eigenvalue weighted by atomic mass is 9.97. The molecule has 1 saturated carbocycles. The van der Waals surface area contributed by atoms with Crippen LogP contribution in [-0.2, 0) is 6.54 Å². The van der Waals surface area contributed by atoms with E-state index in [0.29, 0.717) is 28.8 Å². The predicted octanol–water partition coefficient (Wildman–Crippen LogP) is 6.46. The Hall–Kier alpha value is -3.85. The van der Waals surface area contributed by atoms with Crippen molar-refractivity contribution in [1.82, 2.24) is 14.5 Å². The fraction of sp³-hybridized carbons (Fsp3) is 0.355. The first-order valence-corrected chi connectivity index (χ1v) is 13.6. The van der Waals surface area contributed by atoms with Crippen molar-refractivity contribution in [3.05, 3.63) is 77.1 Å². The van der Waals surface area contributed by atoms with Gasteiger partial charge in [-0.05, 0) is 104 Å². The number of hydrogen-bond donors (Lipinski definition) is 1. The number of likely N-dealkylation sites (tertiary alicyclic amines) is 1. The van der Waals surface area contributed by atoms with E-state index in [1.165, 1.54) is 37.1 Å². The lowest BCUT2D eigenvalue weighted by Crippen LogP contribution is -2.39. The maximum absolute atomic E-state index is 14.1. The second-order valence-electron chi connectivity index (χ2n) is 10.9. The maximum Gasteiger partial charge on any atom is 0.573 e. The van der Waals surface area contributed by atoms with Gasteiger partial charge in [0, 0.05) is 25.2 Å². The second kappa shape index (κ2) is 10.6. The van der Waals surface area contributed by atoms with Gasteiger partial charge in [-0.25, -0.2) is 4.98 Å². The van der Waals surface area contributed by atoms with E-state index in [1.54, 1.807) is 34.9 Å². The highest BCUT2D eigenvalue weighted by Crippen LogP contribution is 2.32. The summed E-state index contributed by atoms with van der Waals surface area (Å²) in [5.41, 5.74) is 2.55. The molecule has 2 fully saturated rings. The van der Waals surface area contributed by atoms with E-state index in [0.717, 1.165) is 49.5 Å². The zero-order chi connectivity index (χ0) is 27.9. The molecule has 1 atom stereocenters. The minimum atomic E-state index is -4.78. The molecule has 1 saturated heterocycles. The Kier molecular flexibility index (Phi) is 7.00. The number of nitrogens with zero attached hydrogens (tertiary/aromatic N) is 3. The molecule has 9 heteroatoms. The summed E-state index contributed by atoms with van der Waals surface area (Å²) in [7, 11) is 0. The number of fused-ring (bicyclic) bond motifs is 1. The number of phenolic OH excluding ortho intramolecular Hbond substituents is 1. The largest absolute Gasteiger partial charge is 0.573 e.